The maximum atomic E-state index is 12.6. The first kappa shape index (κ1) is 18.7. The number of aryl methyl sites for hydroxylation is 1. The molecule has 3 heterocycles. The molecule has 0 bridgehead atoms. The highest BCUT2D eigenvalue weighted by atomic mass is 32.1. The number of carbonyl (C=O) groups excluding carboxylic acids is 2. The van der Waals surface area contributed by atoms with Crippen molar-refractivity contribution in [2.45, 2.75) is 13.8 Å². The van der Waals surface area contributed by atoms with E-state index in [4.69, 9.17) is 4.74 Å². The summed E-state index contributed by atoms with van der Waals surface area (Å²) in [5, 5.41) is 7.09. The normalized spacial score (nSPS) is 10.8. The van der Waals surface area contributed by atoms with Crippen LogP contribution in [-0.2, 0) is 4.74 Å². The first-order valence-electron chi connectivity index (χ1n) is 8.80. The van der Waals surface area contributed by atoms with Gasteiger partial charge in [-0.25, -0.2) is 19.3 Å². The largest absolute Gasteiger partial charge is 0.462 e. The van der Waals surface area contributed by atoms with Crippen molar-refractivity contribution in [3.63, 3.8) is 0 Å². The molecular formula is C19H16N6O3S. The smallest absolute Gasteiger partial charge is 0.350 e. The van der Waals surface area contributed by atoms with Gasteiger partial charge in [-0.15, -0.1) is 5.10 Å². The lowest BCUT2D eigenvalue weighted by Gasteiger charge is -2.01. The van der Waals surface area contributed by atoms with Crippen molar-refractivity contribution in [2.75, 3.05) is 11.9 Å². The van der Waals surface area contributed by atoms with Crippen molar-refractivity contribution < 1.29 is 14.3 Å². The van der Waals surface area contributed by atoms with Crippen LogP contribution in [0.3, 0.4) is 0 Å². The molecule has 3 aromatic heterocycles. The number of fused-ring (bicyclic) bond motifs is 1. The van der Waals surface area contributed by atoms with Crippen LogP contribution in [0.4, 0.5) is 5.13 Å². The maximum absolute atomic E-state index is 12.6. The van der Waals surface area contributed by atoms with Crippen molar-refractivity contribution in [3.05, 3.63) is 59.0 Å². The molecule has 4 rings (SSSR count). The Morgan fingerprint density at radius 3 is 2.69 bits per heavy atom. The molecule has 0 spiro atoms. The van der Waals surface area contributed by atoms with Crippen molar-refractivity contribution in [1.82, 2.24) is 24.6 Å². The summed E-state index contributed by atoms with van der Waals surface area (Å²) in [6, 6.07) is 11.0. The second kappa shape index (κ2) is 7.76. The summed E-state index contributed by atoms with van der Waals surface area (Å²) in [6.45, 7) is 3.81. The Bertz CT molecular complexity index is 1200. The van der Waals surface area contributed by atoms with Gasteiger partial charge in [-0.2, -0.15) is 4.98 Å². The van der Waals surface area contributed by atoms with Crippen molar-refractivity contribution in [1.29, 1.82) is 0 Å². The Hall–Kier alpha value is -3.66. The quantitative estimate of drug-likeness (QED) is 0.505. The molecule has 0 saturated carbocycles. The number of hydrogen-bond donors (Lipinski definition) is 1. The molecule has 0 aliphatic rings. The van der Waals surface area contributed by atoms with Gasteiger partial charge in [0.15, 0.2) is 5.13 Å². The number of esters is 1. The number of anilines is 1. The highest BCUT2D eigenvalue weighted by Gasteiger charge is 2.23. The van der Waals surface area contributed by atoms with Gasteiger partial charge in [0.2, 0.25) is 5.82 Å². The first-order valence-corrected chi connectivity index (χ1v) is 9.61. The lowest BCUT2D eigenvalue weighted by atomic mass is 10.1. The second-order valence-electron chi connectivity index (χ2n) is 5.97. The van der Waals surface area contributed by atoms with E-state index in [0.29, 0.717) is 16.3 Å². The fourth-order valence-electron chi connectivity index (χ4n) is 2.66. The number of nitrogens with one attached hydrogen (secondary N) is 1. The van der Waals surface area contributed by atoms with E-state index in [0.717, 1.165) is 22.6 Å². The molecule has 0 aliphatic heterocycles. The molecule has 0 atom stereocenters. The summed E-state index contributed by atoms with van der Waals surface area (Å²) in [5.41, 5.74) is 1.99. The molecule has 1 N–H and O–H groups in total. The average Bonchev–Trinajstić information content (AvgIpc) is 3.34. The van der Waals surface area contributed by atoms with Crippen LogP contribution >= 0.6 is 11.3 Å². The third-order valence-corrected chi connectivity index (χ3v) is 4.94. The van der Waals surface area contributed by atoms with Gasteiger partial charge in [0.25, 0.3) is 11.7 Å². The van der Waals surface area contributed by atoms with Gasteiger partial charge < -0.3 is 4.74 Å². The number of nitrogens with zero attached hydrogens (tertiary/aromatic N) is 5. The van der Waals surface area contributed by atoms with Gasteiger partial charge in [-0.05, 0) is 19.9 Å². The molecule has 1 aromatic carbocycles. The van der Waals surface area contributed by atoms with Crippen LogP contribution in [0.15, 0.2) is 42.6 Å². The van der Waals surface area contributed by atoms with E-state index in [1.807, 2.05) is 37.3 Å². The summed E-state index contributed by atoms with van der Waals surface area (Å²) in [7, 11) is 0. The van der Waals surface area contributed by atoms with Gasteiger partial charge >= 0.3 is 5.97 Å². The Kier molecular flexibility index (Phi) is 5.00. The van der Waals surface area contributed by atoms with Gasteiger partial charge in [0.1, 0.15) is 4.88 Å². The topological polar surface area (TPSA) is 111 Å². The molecule has 0 saturated heterocycles. The molecule has 9 nitrogen and oxygen atoms in total. The summed E-state index contributed by atoms with van der Waals surface area (Å²) < 4.78 is 6.61. The summed E-state index contributed by atoms with van der Waals surface area (Å²) in [5.74, 6) is -0.749. The molecule has 0 aliphatic carbocycles. The summed E-state index contributed by atoms with van der Waals surface area (Å²) in [6.07, 6.45) is 1.60. The Morgan fingerprint density at radius 2 is 1.97 bits per heavy atom. The molecule has 10 heteroatoms. The molecule has 29 heavy (non-hydrogen) atoms. The van der Waals surface area contributed by atoms with Gasteiger partial charge in [-0.3, -0.25) is 10.1 Å². The van der Waals surface area contributed by atoms with Crippen molar-refractivity contribution in [2.24, 2.45) is 0 Å². The minimum atomic E-state index is -0.543. The monoisotopic (exact) mass is 408 g/mol. The molecule has 146 valence electrons. The average molecular weight is 408 g/mol. The number of aromatic nitrogens is 5. The third kappa shape index (κ3) is 3.69. The number of ether oxygens (including phenoxy) is 1. The van der Waals surface area contributed by atoms with Crippen LogP contribution in [0.5, 0.6) is 0 Å². The fraction of sp³-hybridized carbons (Fsp3) is 0.158. The number of rotatable bonds is 5. The van der Waals surface area contributed by atoms with E-state index >= 15 is 0 Å². The van der Waals surface area contributed by atoms with Crippen LogP contribution in [0.1, 0.15) is 32.9 Å². The summed E-state index contributed by atoms with van der Waals surface area (Å²) in [4.78, 5) is 37.9. The minimum absolute atomic E-state index is 0.0408. The predicted molar refractivity (Wildman–Crippen MR) is 107 cm³/mol. The Balaban J connectivity index is 1.66. The van der Waals surface area contributed by atoms with E-state index in [9.17, 15) is 9.59 Å². The number of carbonyl (C=O) groups is 2. The lowest BCUT2D eigenvalue weighted by Crippen LogP contribution is -2.13. The second-order valence-corrected chi connectivity index (χ2v) is 6.97. The first-order chi connectivity index (χ1) is 14.1. The van der Waals surface area contributed by atoms with Crippen LogP contribution in [0.2, 0.25) is 0 Å². The molecule has 0 fully saturated rings. The standard InChI is InChI=1S/C19H16N6O3S/c1-3-28-17(27)14-13(12-7-5-4-6-8-12)21-19(29-14)23-16(26)15-22-18-20-10-9-11(2)25(18)24-15/h4-10H,3H2,1-2H3,(H,21,23,26). The molecule has 1 amide bonds. The number of thiazole rings is 1. The van der Waals surface area contributed by atoms with Crippen LogP contribution < -0.4 is 5.32 Å². The fourth-order valence-corrected chi connectivity index (χ4v) is 3.53. The molecule has 0 radical (unpaired) electrons. The van der Waals surface area contributed by atoms with E-state index in [1.54, 1.807) is 19.2 Å². The number of benzene rings is 1. The van der Waals surface area contributed by atoms with Crippen LogP contribution in [-0.4, -0.2) is 43.0 Å². The highest BCUT2D eigenvalue weighted by Crippen LogP contribution is 2.32. The van der Waals surface area contributed by atoms with E-state index in [1.165, 1.54) is 4.52 Å². The molecular weight excluding hydrogens is 392 g/mol. The van der Waals surface area contributed by atoms with Gasteiger partial charge in [0, 0.05) is 17.5 Å². The zero-order valence-electron chi connectivity index (χ0n) is 15.6. The lowest BCUT2D eigenvalue weighted by molar-refractivity contribution is 0.0532. The van der Waals surface area contributed by atoms with Crippen LogP contribution in [0, 0.1) is 6.92 Å². The SMILES string of the molecule is CCOC(=O)c1sc(NC(=O)c2nc3nccc(C)n3n2)nc1-c1ccccc1. The van der Waals surface area contributed by atoms with Crippen molar-refractivity contribution in [3.8, 4) is 11.3 Å². The number of hydrogen-bond acceptors (Lipinski definition) is 8. The van der Waals surface area contributed by atoms with E-state index in [2.05, 4.69) is 25.4 Å². The Labute approximate surface area is 169 Å². The highest BCUT2D eigenvalue weighted by molar-refractivity contribution is 7.18. The van der Waals surface area contributed by atoms with Crippen LogP contribution in [0.25, 0.3) is 17.0 Å². The number of amides is 1. The molecule has 0 unspecified atom stereocenters. The van der Waals surface area contributed by atoms with E-state index < -0.39 is 11.9 Å². The molecule has 4 aromatic rings. The minimum Gasteiger partial charge on any atom is -0.462 e. The van der Waals surface area contributed by atoms with E-state index in [-0.39, 0.29) is 17.6 Å². The third-order valence-electron chi connectivity index (χ3n) is 3.99. The Morgan fingerprint density at radius 1 is 1.17 bits per heavy atom. The van der Waals surface area contributed by atoms with Gasteiger partial charge in [-0.1, -0.05) is 41.7 Å². The zero-order chi connectivity index (χ0) is 20.4. The zero-order valence-corrected chi connectivity index (χ0v) is 16.4. The summed E-state index contributed by atoms with van der Waals surface area (Å²) >= 11 is 1.04. The van der Waals surface area contributed by atoms with Gasteiger partial charge in [0.05, 0.1) is 12.3 Å². The maximum Gasteiger partial charge on any atom is 0.350 e. The predicted octanol–water partition coefficient (Wildman–Crippen LogP) is 2.99. The van der Waals surface area contributed by atoms with Crippen molar-refractivity contribution >= 4 is 34.1 Å².